The second-order valence-electron chi connectivity index (χ2n) is 4.44. The monoisotopic (exact) mass is 230 g/mol. The average molecular weight is 230 g/mol. The third kappa shape index (κ3) is 5.80. The predicted octanol–water partition coefficient (Wildman–Crippen LogP) is 0.723. The van der Waals surface area contributed by atoms with E-state index in [0.717, 1.165) is 39.3 Å². The third-order valence-electron chi connectivity index (χ3n) is 3.12. The van der Waals surface area contributed by atoms with Gasteiger partial charge in [0, 0.05) is 39.5 Å². The lowest BCUT2D eigenvalue weighted by Gasteiger charge is -2.31. The fourth-order valence-electron chi connectivity index (χ4n) is 2.01. The number of nitrogens with zero attached hydrogens (tertiary/aromatic N) is 1. The molecule has 4 heteroatoms. The summed E-state index contributed by atoms with van der Waals surface area (Å²) in [6.45, 7) is 5.76. The highest BCUT2D eigenvalue weighted by Crippen LogP contribution is 2.07. The first-order valence-electron chi connectivity index (χ1n) is 6.32. The van der Waals surface area contributed by atoms with E-state index in [2.05, 4.69) is 17.3 Å². The molecule has 0 aromatic rings. The smallest absolute Gasteiger partial charge is 0.0593 e. The molecule has 0 saturated carbocycles. The molecule has 4 nitrogen and oxygen atoms in total. The van der Waals surface area contributed by atoms with Crippen molar-refractivity contribution in [1.29, 1.82) is 0 Å². The molecular weight excluding hydrogens is 204 g/mol. The standard InChI is InChI=1S/C12H26N2O2/c1-14(12-5-3-6-13-11-12)7-10-16-9-4-8-15-2/h12-13H,3-11H2,1-2H3. The van der Waals surface area contributed by atoms with E-state index in [0.29, 0.717) is 6.04 Å². The maximum Gasteiger partial charge on any atom is 0.0593 e. The number of hydrogen-bond acceptors (Lipinski definition) is 4. The van der Waals surface area contributed by atoms with Crippen LogP contribution in [0.4, 0.5) is 0 Å². The molecule has 0 aliphatic carbocycles. The summed E-state index contributed by atoms with van der Waals surface area (Å²) < 4.78 is 10.5. The average Bonchev–Trinajstić information content (AvgIpc) is 2.34. The third-order valence-corrected chi connectivity index (χ3v) is 3.12. The Balaban J connectivity index is 1.94. The molecule has 1 fully saturated rings. The molecule has 1 aliphatic heterocycles. The molecule has 16 heavy (non-hydrogen) atoms. The Labute approximate surface area is 99.3 Å². The van der Waals surface area contributed by atoms with Gasteiger partial charge in [0.15, 0.2) is 0 Å². The van der Waals surface area contributed by atoms with Crippen LogP contribution >= 0.6 is 0 Å². The van der Waals surface area contributed by atoms with Gasteiger partial charge in [-0.1, -0.05) is 0 Å². The van der Waals surface area contributed by atoms with Crippen LogP contribution in [0, 0.1) is 0 Å². The van der Waals surface area contributed by atoms with Crippen LogP contribution in [0.25, 0.3) is 0 Å². The molecule has 0 spiro atoms. The summed E-state index contributed by atoms with van der Waals surface area (Å²) in [7, 11) is 3.92. The minimum Gasteiger partial charge on any atom is -0.385 e. The van der Waals surface area contributed by atoms with Gasteiger partial charge in [0.2, 0.25) is 0 Å². The molecule has 1 heterocycles. The molecule has 1 unspecified atom stereocenters. The minimum atomic E-state index is 0.691. The fraction of sp³-hybridized carbons (Fsp3) is 1.00. The van der Waals surface area contributed by atoms with Gasteiger partial charge in [-0.2, -0.15) is 0 Å². The van der Waals surface area contributed by atoms with Crippen LogP contribution in [0.15, 0.2) is 0 Å². The Morgan fingerprint density at radius 2 is 2.19 bits per heavy atom. The van der Waals surface area contributed by atoms with Crippen molar-refractivity contribution in [3.63, 3.8) is 0 Å². The Hall–Kier alpha value is -0.160. The van der Waals surface area contributed by atoms with Crippen LogP contribution in [0.1, 0.15) is 19.3 Å². The number of piperidine rings is 1. The van der Waals surface area contributed by atoms with E-state index in [9.17, 15) is 0 Å². The van der Waals surface area contributed by atoms with Gasteiger partial charge < -0.3 is 14.8 Å². The molecule has 0 bridgehead atoms. The summed E-state index contributed by atoms with van der Waals surface area (Å²) in [4.78, 5) is 2.41. The Morgan fingerprint density at radius 3 is 2.88 bits per heavy atom. The molecule has 0 amide bonds. The van der Waals surface area contributed by atoms with Crippen molar-refractivity contribution >= 4 is 0 Å². The molecule has 1 N–H and O–H groups in total. The zero-order valence-corrected chi connectivity index (χ0v) is 10.7. The lowest BCUT2D eigenvalue weighted by atomic mass is 10.1. The molecular formula is C12H26N2O2. The van der Waals surface area contributed by atoms with Gasteiger partial charge in [-0.05, 0) is 32.9 Å². The molecule has 0 aromatic carbocycles. The van der Waals surface area contributed by atoms with Crippen LogP contribution in [-0.4, -0.2) is 64.6 Å². The summed E-state index contributed by atoms with van der Waals surface area (Å²) >= 11 is 0. The molecule has 1 aliphatic rings. The number of likely N-dealkylation sites (N-methyl/N-ethyl adjacent to an activating group) is 1. The van der Waals surface area contributed by atoms with E-state index < -0.39 is 0 Å². The van der Waals surface area contributed by atoms with E-state index in [4.69, 9.17) is 9.47 Å². The maximum absolute atomic E-state index is 5.56. The number of hydrogen-bond donors (Lipinski definition) is 1. The summed E-state index contributed by atoms with van der Waals surface area (Å²) in [5, 5.41) is 3.44. The highest BCUT2D eigenvalue weighted by Gasteiger charge is 2.16. The Kier molecular flexibility index (Phi) is 7.76. The van der Waals surface area contributed by atoms with Crippen LogP contribution in [0.2, 0.25) is 0 Å². The largest absolute Gasteiger partial charge is 0.385 e. The first kappa shape index (κ1) is 13.9. The predicted molar refractivity (Wildman–Crippen MR) is 65.8 cm³/mol. The van der Waals surface area contributed by atoms with Gasteiger partial charge in [-0.15, -0.1) is 0 Å². The van der Waals surface area contributed by atoms with Gasteiger partial charge in [-0.3, -0.25) is 4.90 Å². The summed E-state index contributed by atoms with van der Waals surface area (Å²) in [5.41, 5.74) is 0. The SMILES string of the molecule is COCCCOCCN(C)C1CCCNC1. The topological polar surface area (TPSA) is 33.7 Å². The highest BCUT2D eigenvalue weighted by atomic mass is 16.5. The van der Waals surface area contributed by atoms with Crippen LogP contribution < -0.4 is 5.32 Å². The number of methoxy groups -OCH3 is 1. The van der Waals surface area contributed by atoms with E-state index in [1.807, 2.05) is 0 Å². The second kappa shape index (κ2) is 8.93. The molecule has 0 aromatic heterocycles. The highest BCUT2D eigenvalue weighted by molar-refractivity contribution is 4.76. The van der Waals surface area contributed by atoms with Crippen LogP contribution in [-0.2, 0) is 9.47 Å². The Bertz CT molecular complexity index is 161. The van der Waals surface area contributed by atoms with Crippen molar-refractivity contribution in [3.05, 3.63) is 0 Å². The quantitative estimate of drug-likeness (QED) is 0.623. The number of rotatable bonds is 8. The molecule has 1 saturated heterocycles. The van der Waals surface area contributed by atoms with E-state index in [1.165, 1.54) is 19.4 Å². The first-order valence-corrected chi connectivity index (χ1v) is 6.32. The zero-order chi connectivity index (χ0) is 11.6. The van der Waals surface area contributed by atoms with Gasteiger partial charge in [0.1, 0.15) is 0 Å². The number of ether oxygens (including phenoxy) is 2. The Morgan fingerprint density at radius 1 is 1.31 bits per heavy atom. The van der Waals surface area contributed by atoms with Crippen molar-refractivity contribution in [3.8, 4) is 0 Å². The van der Waals surface area contributed by atoms with Crippen LogP contribution in [0.3, 0.4) is 0 Å². The minimum absolute atomic E-state index is 0.691. The summed E-state index contributed by atoms with van der Waals surface area (Å²) in [6.07, 6.45) is 3.60. The van der Waals surface area contributed by atoms with Gasteiger partial charge >= 0.3 is 0 Å². The maximum atomic E-state index is 5.56. The van der Waals surface area contributed by atoms with E-state index in [-0.39, 0.29) is 0 Å². The van der Waals surface area contributed by atoms with Gasteiger partial charge in [-0.25, -0.2) is 0 Å². The zero-order valence-electron chi connectivity index (χ0n) is 10.7. The summed E-state index contributed by atoms with van der Waals surface area (Å²) in [5.74, 6) is 0. The molecule has 1 rings (SSSR count). The van der Waals surface area contributed by atoms with Gasteiger partial charge in [0.05, 0.1) is 6.61 Å². The molecule has 1 atom stereocenters. The van der Waals surface area contributed by atoms with E-state index >= 15 is 0 Å². The van der Waals surface area contributed by atoms with Crippen molar-refractivity contribution in [2.24, 2.45) is 0 Å². The second-order valence-corrected chi connectivity index (χ2v) is 4.44. The fourth-order valence-corrected chi connectivity index (χ4v) is 2.01. The molecule has 96 valence electrons. The summed E-state index contributed by atoms with van der Waals surface area (Å²) in [6, 6.07) is 0.691. The van der Waals surface area contributed by atoms with Crippen molar-refractivity contribution in [2.75, 3.05) is 53.6 Å². The van der Waals surface area contributed by atoms with Crippen molar-refractivity contribution in [2.45, 2.75) is 25.3 Å². The lowest BCUT2D eigenvalue weighted by Crippen LogP contribution is -2.45. The number of nitrogens with one attached hydrogen (secondary N) is 1. The normalized spacial score (nSPS) is 21.6. The van der Waals surface area contributed by atoms with Crippen molar-refractivity contribution < 1.29 is 9.47 Å². The van der Waals surface area contributed by atoms with Gasteiger partial charge in [0.25, 0.3) is 0 Å². The van der Waals surface area contributed by atoms with Crippen LogP contribution in [0.5, 0.6) is 0 Å². The lowest BCUT2D eigenvalue weighted by molar-refractivity contribution is 0.0766. The molecule has 0 radical (unpaired) electrons. The first-order chi connectivity index (χ1) is 7.84. The van der Waals surface area contributed by atoms with E-state index in [1.54, 1.807) is 7.11 Å². The van der Waals surface area contributed by atoms with Crippen molar-refractivity contribution in [1.82, 2.24) is 10.2 Å².